The minimum atomic E-state index is -1.04. The third-order valence-electron chi connectivity index (χ3n) is 1.93. The summed E-state index contributed by atoms with van der Waals surface area (Å²) in [6.45, 7) is 4.53. The molecule has 94 valence electrons. The van der Waals surface area contributed by atoms with Crippen LogP contribution in [0, 0.1) is 17.2 Å². The summed E-state index contributed by atoms with van der Waals surface area (Å²) in [6.07, 6.45) is -1.04. The van der Waals surface area contributed by atoms with Crippen LogP contribution in [0.15, 0.2) is 11.3 Å². The van der Waals surface area contributed by atoms with Crippen LogP contribution in [0.5, 0.6) is 0 Å². The third kappa shape index (κ3) is 4.15. The van der Waals surface area contributed by atoms with Gasteiger partial charge in [-0.1, -0.05) is 13.8 Å². The van der Waals surface area contributed by atoms with Gasteiger partial charge in [-0.25, -0.2) is 4.79 Å². The Hall–Kier alpha value is -2.03. The van der Waals surface area contributed by atoms with Crippen LogP contribution < -0.4 is 0 Å². The van der Waals surface area contributed by atoms with Crippen LogP contribution in [-0.2, 0) is 19.1 Å². The molecule has 1 unspecified atom stereocenters. The highest BCUT2D eigenvalue weighted by Gasteiger charge is 2.28. The number of hydrogen-bond donors (Lipinski definition) is 1. The van der Waals surface area contributed by atoms with Crippen LogP contribution >= 0.6 is 0 Å². The number of aliphatic hydroxyl groups is 1. The molecule has 0 aromatic rings. The highest BCUT2D eigenvalue weighted by molar-refractivity contribution is 5.93. The van der Waals surface area contributed by atoms with Crippen LogP contribution in [0.25, 0.3) is 0 Å². The molecule has 0 aliphatic heterocycles. The van der Waals surface area contributed by atoms with Crippen molar-refractivity contribution in [2.24, 2.45) is 5.92 Å². The molecule has 0 bridgehead atoms. The zero-order chi connectivity index (χ0) is 13.6. The van der Waals surface area contributed by atoms with E-state index in [1.54, 1.807) is 13.8 Å². The summed E-state index contributed by atoms with van der Waals surface area (Å²) in [6, 6.07) is 1.52. The molecule has 0 rings (SSSR count). The molecule has 6 nitrogen and oxygen atoms in total. The minimum absolute atomic E-state index is 0.285. The highest BCUT2D eigenvalue weighted by atomic mass is 16.6. The monoisotopic (exact) mass is 241 g/mol. The maximum Gasteiger partial charge on any atom is 0.352 e. The van der Waals surface area contributed by atoms with E-state index in [1.807, 2.05) is 0 Å². The van der Waals surface area contributed by atoms with Gasteiger partial charge in [-0.3, -0.25) is 4.79 Å². The second-order valence-corrected chi connectivity index (χ2v) is 3.64. The molecule has 0 aliphatic rings. The molecule has 0 saturated heterocycles. The van der Waals surface area contributed by atoms with Crippen LogP contribution in [0.1, 0.15) is 20.8 Å². The van der Waals surface area contributed by atoms with Crippen molar-refractivity contribution in [2.75, 3.05) is 7.11 Å². The molecule has 1 N–H and O–H groups in total. The van der Waals surface area contributed by atoms with Gasteiger partial charge in [0.1, 0.15) is 6.07 Å². The van der Waals surface area contributed by atoms with Crippen LogP contribution in [0.3, 0.4) is 0 Å². The zero-order valence-electron chi connectivity index (χ0n) is 10.2. The van der Waals surface area contributed by atoms with Crippen molar-refractivity contribution in [2.45, 2.75) is 26.9 Å². The van der Waals surface area contributed by atoms with Gasteiger partial charge in [0, 0.05) is 6.92 Å². The predicted molar refractivity (Wildman–Crippen MR) is 57.7 cm³/mol. The second kappa shape index (κ2) is 6.53. The number of esters is 2. The first kappa shape index (κ1) is 15.0. The fourth-order valence-electron chi connectivity index (χ4n) is 1.14. The maximum atomic E-state index is 11.2. The molecule has 0 saturated carbocycles. The van der Waals surface area contributed by atoms with E-state index in [0.29, 0.717) is 0 Å². The lowest BCUT2D eigenvalue weighted by atomic mass is 10.0. The number of nitrogens with zero attached hydrogens (tertiary/aromatic N) is 1. The van der Waals surface area contributed by atoms with Gasteiger partial charge in [0.2, 0.25) is 0 Å². The number of nitriles is 1. The molecule has 17 heavy (non-hydrogen) atoms. The number of methoxy groups -OCH3 is 1. The molecule has 1 atom stereocenters. The molecule has 0 fully saturated rings. The van der Waals surface area contributed by atoms with Gasteiger partial charge >= 0.3 is 11.9 Å². The van der Waals surface area contributed by atoms with Gasteiger partial charge in [0.05, 0.1) is 7.11 Å². The largest absolute Gasteiger partial charge is 0.507 e. The fraction of sp³-hybridized carbons (Fsp3) is 0.545. The normalized spacial score (nSPS) is 13.4. The van der Waals surface area contributed by atoms with Gasteiger partial charge < -0.3 is 14.6 Å². The second-order valence-electron chi connectivity index (χ2n) is 3.64. The van der Waals surface area contributed by atoms with E-state index >= 15 is 0 Å². The Kier molecular flexibility index (Phi) is 5.75. The van der Waals surface area contributed by atoms with Crippen molar-refractivity contribution >= 4 is 11.9 Å². The number of rotatable bonds is 4. The first-order valence-corrected chi connectivity index (χ1v) is 4.93. The summed E-state index contributed by atoms with van der Waals surface area (Å²) in [5.74, 6) is -2.46. The number of carbonyl (C=O) groups is 2. The summed E-state index contributed by atoms with van der Waals surface area (Å²) in [7, 11) is 1.09. The van der Waals surface area contributed by atoms with Gasteiger partial charge in [-0.15, -0.1) is 0 Å². The Morgan fingerprint density at radius 3 is 2.18 bits per heavy atom. The van der Waals surface area contributed by atoms with Crippen molar-refractivity contribution in [3.05, 3.63) is 11.3 Å². The van der Waals surface area contributed by atoms with Crippen molar-refractivity contribution in [1.29, 1.82) is 5.26 Å². The predicted octanol–water partition coefficient (Wildman–Crippen LogP) is 1.08. The van der Waals surface area contributed by atoms with Crippen molar-refractivity contribution in [3.8, 4) is 6.07 Å². The SMILES string of the molecule is COC(=O)/C(C#N)=C(/O)C(OC(C)=O)C(C)C. The lowest BCUT2D eigenvalue weighted by molar-refractivity contribution is -0.148. The van der Waals surface area contributed by atoms with E-state index in [-0.39, 0.29) is 5.92 Å². The summed E-state index contributed by atoms with van der Waals surface area (Å²) < 4.78 is 9.18. The van der Waals surface area contributed by atoms with Crippen LogP contribution in [-0.4, -0.2) is 30.3 Å². The van der Waals surface area contributed by atoms with E-state index in [1.165, 1.54) is 13.0 Å². The zero-order valence-corrected chi connectivity index (χ0v) is 10.2. The lowest BCUT2D eigenvalue weighted by Crippen LogP contribution is -2.27. The quantitative estimate of drug-likeness (QED) is 0.342. The first-order chi connectivity index (χ1) is 7.84. The fourth-order valence-corrected chi connectivity index (χ4v) is 1.14. The average molecular weight is 241 g/mol. The molecular weight excluding hydrogens is 226 g/mol. The number of carbonyl (C=O) groups excluding carboxylic acids is 2. The molecule has 0 aromatic carbocycles. The topological polar surface area (TPSA) is 96.6 Å². The Morgan fingerprint density at radius 1 is 1.35 bits per heavy atom. The molecule has 0 aliphatic carbocycles. The maximum absolute atomic E-state index is 11.2. The van der Waals surface area contributed by atoms with Gasteiger partial charge in [0.15, 0.2) is 17.4 Å². The molecule has 0 aromatic heterocycles. The summed E-state index contributed by atoms with van der Waals surface area (Å²) in [4.78, 5) is 22.1. The summed E-state index contributed by atoms with van der Waals surface area (Å²) in [5, 5.41) is 18.5. The highest BCUT2D eigenvalue weighted by Crippen LogP contribution is 2.18. The third-order valence-corrected chi connectivity index (χ3v) is 1.93. The lowest BCUT2D eigenvalue weighted by Gasteiger charge is -2.20. The van der Waals surface area contributed by atoms with Gasteiger partial charge in [0.25, 0.3) is 0 Å². The van der Waals surface area contributed by atoms with E-state index < -0.39 is 29.4 Å². The number of hydrogen-bond acceptors (Lipinski definition) is 6. The summed E-state index contributed by atoms with van der Waals surface area (Å²) in [5.41, 5.74) is -0.563. The van der Waals surface area contributed by atoms with Gasteiger partial charge in [-0.05, 0) is 5.92 Å². The molecule has 0 heterocycles. The molecule has 6 heteroatoms. The number of ether oxygens (including phenoxy) is 2. The van der Waals surface area contributed by atoms with Crippen LogP contribution in [0.2, 0.25) is 0 Å². The molecular formula is C11H15NO5. The minimum Gasteiger partial charge on any atom is -0.507 e. The molecule has 0 radical (unpaired) electrons. The van der Waals surface area contributed by atoms with Crippen molar-refractivity contribution < 1.29 is 24.2 Å². The van der Waals surface area contributed by atoms with Gasteiger partial charge in [-0.2, -0.15) is 5.26 Å². The Bertz CT molecular complexity index is 378. The van der Waals surface area contributed by atoms with E-state index in [9.17, 15) is 14.7 Å². The van der Waals surface area contributed by atoms with Crippen molar-refractivity contribution in [1.82, 2.24) is 0 Å². The Labute approximate surface area is 99.4 Å². The van der Waals surface area contributed by atoms with E-state index in [2.05, 4.69) is 4.74 Å². The van der Waals surface area contributed by atoms with Crippen LogP contribution in [0.4, 0.5) is 0 Å². The van der Waals surface area contributed by atoms with Crippen molar-refractivity contribution in [3.63, 3.8) is 0 Å². The molecule has 0 amide bonds. The standard InChI is InChI=1S/C11H15NO5/c1-6(2)10(17-7(3)13)9(14)8(5-12)11(15)16-4/h6,10,14H,1-4H3/b9-8+. The average Bonchev–Trinajstić information content (AvgIpc) is 2.25. The first-order valence-electron chi connectivity index (χ1n) is 4.93. The molecule has 0 spiro atoms. The smallest absolute Gasteiger partial charge is 0.352 e. The Morgan fingerprint density at radius 2 is 1.88 bits per heavy atom. The Balaban J connectivity index is 5.36. The van der Waals surface area contributed by atoms with E-state index in [0.717, 1.165) is 7.11 Å². The summed E-state index contributed by atoms with van der Waals surface area (Å²) >= 11 is 0. The number of aliphatic hydroxyl groups excluding tert-OH is 1. The van der Waals surface area contributed by atoms with E-state index in [4.69, 9.17) is 10.00 Å².